The van der Waals surface area contributed by atoms with E-state index in [-0.39, 0.29) is 28.5 Å². The average molecular weight is 475 g/mol. The Morgan fingerprint density at radius 3 is 2.35 bits per heavy atom. The third-order valence-electron chi connectivity index (χ3n) is 4.98. The Bertz CT molecular complexity index is 1320. The normalized spacial score (nSPS) is 14.8. The number of nitrogens with one attached hydrogen (secondary N) is 1. The number of para-hydroxylation sites is 1. The minimum atomic E-state index is -1.25. The highest BCUT2D eigenvalue weighted by molar-refractivity contribution is 7.80. The topological polar surface area (TPSA) is 98.8 Å². The largest absolute Gasteiger partial charge is 0.545 e. The van der Waals surface area contributed by atoms with E-state index in [0.717, 1.165) is 10.5 Å². The lowest BCUT2D eigenvalue weighted by Crippen LogP contribution is -2.54. The quantitative estimate of drug-likeness (QED) is 0.334. The molecule has 1 N–H and O–H groups in total. The maximum absolute atomic E-state index is 14.2. The number of rotatable bonds is 6. The van der Waals surface area contributed by atoms with Crippen LogP contribution in [0.25, 0.3) is 6.08 Å². The summed E-state index contributed by atoms with van der Waals surface area (Å²) in [5.41, 5.74) is 1.14. The summed E-state index contributed by atoms with van der Waals surface area (Å²) in [6, 6.07) is 18.4. The van der Waals surface area contributed by atoms with Gasteiger partial charge in [-0.25, -0.2) is 9.29 Å². The van der Waals surface area contributed by atoms with Crippen LogP contribution in [0.3, 0.4) is 0 Å². The molecular formula is C25H16FN2O5S-. The van der Waals surface area contributed by atoms with E-state index >= 15 is 0 Å². The number of carbonyl (C=O) groups excluding carboxylic acids is 3. The highest BCUT2D eigenvalue weighted by atomic mass is 32.1. The molecule has 0 unspecified atom stereocenters. The summed E-state index contributed by atoms with van der Waals surface area (Å²) in [4.78, 5) is 37.1. The molecule has 0 radical (unpaired) electrons. The number of carbonyl (C=O) groups is 3. The van der Waals surface area contributed by atoms with Crippen molar-refractivity contribution in [3.8, 4) is 5.75 Å². The fourth-order valence-corrected chi connectivity index (χ4v) is 3.51. The van der Waals surface area contributed by atoms with Crippen molar-refractivity contribution in [3.63, 3.8) is 0 Å². The molecule has 170 valence electrons. The lowest BCUT2D eigenvalue weighted by molar-refractivity contribution is -0.255. The van der Waals surface area contributed by atoms with Crippen LogP contribution in [-0.2, 0) is 16.2 Å². The molecule has 9 heteroatoms. The number of aromatic carboxylic acids is 1. The average Bonchev–Trinajstić information content (AvgIpc) is 2.82. The van der Waals surface area contributed by atoms with Crippen molar-refractivity contribution in [1.82, 2.24) is 5.32 Å². The number of carboxylic acids is 1. The number of ether oxygens (including phenoxy) is 1. The van der Waals surface area contributed by atoms with E-state index in [1.165, 1.54) is 36.4 Å². The minimum Gasteiger partial charge on any atom is -0.545 e. The van der Waals surface area contributed by atoms with Crippen LogP contribution in [0.4, 0.5) is 10.1 Å². The van der Waals surface area contributed by atoms with Gasteiger partial charge in [-0.3, -0.25) is 14.9 Å². The SMILES string of the molecule is O=C1NC(=S)N(c2ccccc2F)C(=O)/C1=C\c1ccc(OCc2ccc(C(=O)[O-])cc2)cc1. The number of thiocarbonyl (C=S) groups is 1. The summed E-state index contributed by atoms with van der Waals surface area (Å²) in [7, 11) is 0. The molecule has 0 aromatic heterocycles. The van der Waals surface area contributed by atoms with E-state index in [2.05, 4.69) is 5.32 Å². The van der Waals surface area contributed by atoms with Crippen molar-refractivity contribution in [1.29, 1.82) is 0 Å². The number of nitrogens with zero attached hydrogens (tertiary/aromatic N) is 1. The third-order valence-corrected chi connectivity index (χ3v) is 5.27. The molecule has 2 amide bonds. The van der Waals surface area contributed by atoms with Gasteiger partial charge >= 0.3 is 0 Å². The van der Waals surface area contributed by atoms with E-state index < -0.39 is 23.6 Å². The number of amides is 2. The molecule has 3 aromatic rings. The molecule has 1 heterocycles. The summed E-state index contributed by atoms with van der Waals surface area (Å²) in [5.74, 6) is -2.78. The van der Waals surface area contributed by atoms with Gasteiger partial charge in [-0.15, -0.1) is 0 Å². The number of anilines is 1. The lowest BCUT2D eigenvalue weighted by Gasteiger charge is -2.29. The van der Waals surface area contributed by atoms with Crippen LogP contribution in [0.2, 0.25) is 0 Å². The van der Waals surface area contributed by atoms with Crippen LogP contribution in [-0.4, -0.2) is 22.9 Å². The van der Waals surface area contributed by atoms with Gasteiger partial charge < -0.3 is 14.6 Å². The standard InChI is InChI=1S/C25H17FN2O5S/c26-20-3-1-2-4-21(20)28-23(30)19(22(29)27-25(28)34)13-15-7-11-18(12-8-15)33-14-16-5-9-17(10-6-16)24(31)32/h1-13H,14H2,(H,31,32)(H,27,29,34)/p-1/b19-13-. The van der Waals surface area contributed by atoms with E-state index in [1.54, 1.807) is 42.5 Å². The number of benzene rings is 3. The van der Waals surface area contributed by atoms with Gasteiger partial charge in [-0.1, -0.05) is 48.5 Å². The first kappa shape index (κ1) is 22.8. The van der Waals surface area contributed by atoms with Gasteiger partial charge in [0.25, 0.3) is 11.8 Å². The Kier molecular flexibility index (Phi) is 6.46. The Morgan fingerprint density at radius 1 is 1.03 bits per heavy atom. The Balaban J connectivity index is 1.49. The summed E-state index contributed by atoms with van der Waals surface area (Å²) in [5, 5.41) is 13.0. The van der Waals surface area contributed by atoms with Gasteiger partial charge in [-0.05, 0) is 59.2 Å². The van der Waals surface area contributed by atoms with Crippen molar-refractivity contribution in [2.24, 2.45) is 0 Å². The van der Waals surface area contributed by atoms with E-state index in [9.17, 15) is 23.9 Å². The van der Waals surface area contributed by atoms with Gasteiger partial charge in [0.15, 0.2) is 5.11 Å². The first-order valence-electron chi connectivity index (χ1n) is 10.0. The Hall–Kier alpha value is -4.37. The molecule has 3 aromatic carbocycles. The fraction of sp³-hybridized carbons (Fsp3) is 0.0400. The van der Waals surface area contributed by atoms with E-state index in [1.807, 2.05) is 0 Å². The third kappa shape index (κ3) is 4.84. The van der Waals surface area contributed by atoms with Crippen LogP contribution >= 0.6 is 12.2 Å². The molecule has 0 aliphatic carbocycles. The van der Waals surface area contributed by atoms with Gasteiger partial charge in [-0.2, -0.15) is 0 Å². The van der Waals surface area contributed by atoms with Crippen LogP contribution < -0.4 is 20.1 Å². The molecule has 7 nitrogen and oxygen atoms in total. The smallest absolute Gasteiger partial charge is 0.270 e. The maximum atomic E-state index is 14.2. The predicted octanol–water partition coefficient (Wildman–Crippen LogP) is 2.60. The Morgan fingerprint density at radius 2 is 1.71 bits per heavy atom. The Labute approximate surface area is 199 Å². The second kappa shape index (κ2) is 9.63. The molecule has 4 rings (SSSR count). The highest BCUT2D eigenvalue weighted by Gasteiger charge is 2.35. The van der Waals surface area contributed by atoms with Gasteiger partial charge in [0, 0.05) is 0 Å². The minimum absolute atomic E-state index is 0.0557. The van der Waals surface area contributed by atoms with Gasteiger partial charge in [0.1, 0.15) is 23.7 Å². The highest BCUT2D eigenvalue weighted by Crippen LogP contribution is 2.25. The monoisotopic (exact) mass is 475 g/mol. The van der Waals surface area contributed by atoms with E-state index in [4.69, 9.17) is 17.0 Å². The van der Waals surface area contributed by atoms with Crippen LogP contribution in [0.5, 0.6) is 5.75 Å². The summed E-state index contributed by atoms with van der Waals surface area (Å²) < 4.78 is 19.9. The van der Waals surface area contributed by atoms with Gasteiger partial charge in [0.05, 0.1) is 11.7 Å². The summed E-state index contributed by atoms with van der Waals surface area (Å²) in [6.45, 7) is 0.212. The van der Waals surface area contributed by atoms with Crippen molar-refractivity contribution in [2.45, 2.75) is 6.61 Å². The van der Waals surface area contributed by atoms with Crippen LogP contribution in [0.15, 0.2) is 78.4 Å². The van der Waals surface area contributed by atoms with Crippen LogP contribution in [0.1, 0.15) is 21.5 Å². The molecule has 0 bridgehead atoms. The summed E-state index contributed by atoms with van der Waals surface area (Å²) >= 11 is 5.08. The van der Waals surface area contributed by atoms with Crippen molar-refractivity contribution in [2.75, 3.05) is 4.90 Å². The molecule has 1 aliphatic rings. The number of halogens is 1. The molecule has 1 saturated heterocycles. The van der Waals surface area contributed by atoms with Crippen molar-refractivity contribution < 1.29 is 28.6 Å². The maximum Gasteiger partial charge on any atom is 0.270 e. The van der Waals surface area contributed by atoms with Crippen molar-refractivity contribution in [3.05, 3.63) is 101 Å². The molecular weight excluding hydrogens is 459 g/mol. The number of hydrogen-bond acceptors (Lipinski definition) is 6. The van der Waals surface area contributed by atoms with Crippen LogP contribution in [0, 0.1) is 5.82 Å². The second-order valence-electron chi connectivity index (χ2n) is 7.25. The molecule has 0 saturated carbocycles. The van der Waals surface area contributed by atoms with Crippen molar-refractivity contribution >= 4 is 46.9 Å². The lowest BCUT2D eigenvalue weighted by atomic mass is 10.1. The summed E-state index contributed by atoms with van der Waals surface area (Å²) in [6.07, 6.45) is 1.38. The fourth-order valence-electron chi connectivity index (χ4n) is 3.24. The molecule has 1 aliphatic heterocycles. The zero-order valence-electron chi connectivity index (χ0n) is 17.5. The first-order chi connectivity index (χ1) is 16.3. The zero-order valence-corrected chi connectivity index (χ0v) is 18.3. The zero-order chi connectivity index (χ0) is 24.2. The second-order valence-corrected chi connectivity index (χ2v) is 7.64. The molecule has 0 spiro atoms. The predicted molar refractivity (Wildman–Crippen MR) is 124 cm³/mol. The first-order valence-corrected chi connectivity index (χ1v) is 10.4. The van der Waals surface area contributed by atoms with Gasteiger partial charge in [0.2, 0.25) is 0 Å². The molecule has 0 atom stereocenters. The van der Waals surface area contributed by atoms with E-state index in [0.29, 0.717) is 11.3 Å². The number of hydrogen-bond donors (Lipinski definition) is 1. The molecule has 1 fully saturated rings. The molecule has 34 heavy (non-hydrogen) atoms. The number of carboxylic acid groups (broad SMARTS) is 1.